The summed E-state index contributed by atoms with van der Waals surface area (Å²) in [6.07, 6.45) is 6.25. The molecule has 1 aromatic rings. The monoisotopic (exact) mass is 371 g/mol. The van der Waals surface area contributed by atoms with E-state index in [9.17, 15) is 4.79 Å². The number of piperazine rings is 1. The average molecular weight is 371 g/mol. The summed E-state index contributed by atoms with van der Waals surface area (Å²) in [5, 5.41) is 0. The highest BCUT2D eigenvalue weighted by molar-refractivity contribution is 5.77. The van der Waals surface area contributed by atoms with Crippen LogP contribution in [0.1, 0.15) is 37.7 Å². The van der Waals surface area contributed by atoms with E-state index in [1.165, 1.54) is 37.7 Å². The number of amides is 2. The minimum atomic E-state index is 0.283. The molecule has 3 fully saturated rings. The third kappa shape index (κ3) is 3.35. The minimum Gasteiger partial charge on any atom is -0.486 e. The number of carbonyl (C=O) groups is 1. The van der Waals surface area contributed by atoms with E-state index in [2.05, 4.69) is 26.8 Å². The fraction of sp³-hybridized carbons (Fsp3) is 0.667. The molecule has 6 heteroatoms. The van der Waals surface area contributed by atoms with Crippen molar-refractivity contribution < 1.29 is 14.3 Å². The lowest BCUT2D eigenvalue weighted by atomic mass is 9.94. The molecule has 0 bridgehead atoms. The lowest BCUT2D eigenvalue weighted by molar-refractivity contribution is 0.115. The zero-order chi connectivity index (χ0) is 18.2. The van der Waals surface area contributed by atoms with E-state index in [1.54, 1.807) is 0 Å². The maximum Gasteiger partial charge on any atom is 0.320 e. The van der Waals surface area contributed by atoms with Crippen molar-refractivity contribution >= 4 is 6.03 Å². The molecule has 5 rings (SSSR count). The zero-order valence-electron chi connectivity index (χ0n) is 15.9. The van der Waals surface area contributed by atoms with Crippen LogP contribution in [0.15, 0.2) is 18.2 Å². The Morgan fingerprint density at radius 3 is 2.56 bits per heavy atom. The number of rotatable bonds is 3. The van der Waals surface area contributed by atoms with Crippen LogP contribution < -0.4 is 9.47 Å². The Morgan fingerprint density at radius 1 is 0.889 bits per heavy atom. The topological polar surface area (TPSA) is 45.3 Å². The summed E-state index contributed by atoms with van der Waals surface area (Å²) in [5.74, 6) is 1.70. The van der Waals surface area contributed by atoms with Crippen molar-refractivity contribution in [2.75, 3.05) is 39.4 Å². The van der Waals surface area contributed by atoms with Crippen LogP contribution in [-0.4, -0.2) is 72.2 Å². The third-order valence-electron chi connectivity index (χ3n) is 6.49. The van der Waals surface area contributed by atoms with Crippen LogP contribution in [-0.2, 0) is 6.54 Å². The van der Waals surface area contributed by atoms with Crippen LogP contribution in [0.2, 0.25) is 0 Å². The van der Waals surface area contributed by atoms with Gasteiger partial charge in [0.1, 0.15) is 13.2 Å². The molecule has 0 N–H and O–H groups in total. The number of benzene rings is 1. The Bertz CT molecular complexity index is 704. The van der Waals surface area contributed by atoms with E-state index in [1.807, 2.05) is 6.07 Å². The molecular weight excluding hydrogens is 342 g/mol. The summed E-state index contributed by atoms with van der Waals surface area (Å²) < 4.78 is 11.3. The summed E-state index contributed by atoms with van der Waals surface area (Å²) >= 11 is 0. The van der Waals surface area contributed by atoms with E-state index in [-0.39, 0.29) is 6.03 Å². The van der Waals surface area contributed by atoms with Crippen LogP contribution in [0.3, 0.4) is 0 Å². The van der Waals surface area contributed by atoms with Gasteiger partial charge in [0.25, 0.3) is 0 Å². The summed E-state index contributed by atoms with van der Waals surface area (Å²) in [7, 11) is 0. The first-order chi connectivity index (χ1) is 13.3. The van der Waals surface area contributed by atoms with Gasteiger partial charge < -0.3 is 19.3 Å². The maximum atomic E-state index is 12.9. The molecule has 6 nitrogen and oxygen atoms in total. The highest BCUT2D eigenvalue weighted by atomic mass is 16.6. The maximum absolute atomic E-state index is 12.9. The van der Waals surface area contributed by atoms with Gasteiger partial charge >= 0.3 is 6.03 Å². The van der Waals surface area contributed by atoms with Crippen molar-refractivity contribution in [3.05, 3.63) is 23.8 Å². The van der Waals surface area contributed by atoms with Crippen molar-refractivity contribution in [1.29, 1.82) is 0 Å². The number of hydrogen-bond acceptors (Lipinski definition) is 4. The molecule has 1 aliphatic carbocycles. The molecule has 0 unspecified atom stereocenters. The smallest absolute Gasteiger partial charge is 0.320 e. The highest BCUT2D eigenvalue weighted by Gasteiger charge is 2.43. The van der Waals surface area contributed by atoms with Crippen LogP contribution in [0.5, 0.6) is 11.5 Å². The Morgan fingerprint density at radius 2 is 1.70 bits per heavy atom. The van der Waals surface area contributed by atoms with Gasteiger partial charge in [0.05, 0.1) is 6.04 Å². The van der Waals surface area contributed by atoms with E-state index in [0.717, 1.165) is 44.2 Å². The van der Waals surface area contributed by atoms with E-state index >= 15 is 0 Å². The van der Waals surface area contributed by atoms with Gasteiger partial charge in [0, 0.05) is 38.8 Å². The molecule has 146 valence electrons. The Labute approximate surface area is 161 Å². The number of nitrogens with zero attached hydrogens (tertiary/aromatic N) is 3. The lowest BCUT2D eigenvalue weighted by Gasteiger charge is -2.36. The van der Waals surface area contributed by atoms with Gasteiger partial charge in [-0.15, -0.1) is 0 Å². The minimum absolute atomic E-state index is 0.283. The molecule has 3 aliphatic heterocycles. The van der Waals surface area contributed by atoms with E-state index < -0.39 is 0 Å². The largest absolute Gasteiger partial charge is 0.486 e. The van der Waals surface area contributed by atoms with Crippen molar-refractivity contribution in [2.45, 2.75) is 50.7 Å². The summed E-state index contributed by atoms with van der Waals surface area (Å²) in [5.41, 5.74) is 1.25. The predicted octanol–water partition coefficient (Wildman–Crippen LogP) is 2.71. The average Bonchev–Trinajstić information content (AvgIpc) is 3.04. The highest BCUT2D eigenvalue weighted by Crippen LogP contribution is 2.32. The fourth-order valence-corrected chi connectivity index (χ4v) is 5.08. The molecule has 2 saturated heterocycles. The van der Waals surface area contributed by atoms with Crippen LogP contribution in [0.4, 0.5) is 4.79 Å². The normalized spacial score (nSPS) is 26.4. The molecule has 4 aliphatic rings. The number of urea groups is 1. The summed E-state index contributed by atoms with van der Waals surface area (Å²) in [6.45, 7) is 5.80. The second-order valence-corrected chi connectivity index (χ2v) is 8.29. The van der Waals surface area contributed by atoms with Gasteiger partial charge in [0.2, 0.25) is 0 Å². The Kier molecular flexibility index (Phi) is 4.60. The first-order valence-corrected chi connectivity index (χ1v) is 10.5. The molecule has 1 aromatic carbocycles. The Balaban J connectivity index is 1.23. The molecule has 0 radical (unpaired) electrons. The first-order valence-electron chi connectivity index (χ1n) is 10.5. The fourth-order valence-electron chi connectivity index (χ4n) is 5.08. The summed E-state index contributed by atoms with van der Waals surface area (Å²) in [4.78, 5) is 19.6. The van der Waals surface area contributed by atoms with Gasteiger partial charge in [0.15, 0.2) is 11.5 Å². The molecule has 0 spiro atoms. The van der Waals surface area contributed by atoms with Gasteiger partial charge in [-0.05, 0) is 30.5 Å². The number of carbonyl (C=O) groups excluding carboxylic acids is 1. The van der Waals surface area contributed by atoms with Gasteiger partial charge in [-0.2, -0.15) is 0 Å². The van der Waals surface area contributed by atoms with Crippen LogP contribution in [0.25, 0.3) is 0 Å². The van der Waals surface area contributed by atoms with Gasteiger partial charge in [-0.25, -0.2) is 4.79 Å². The first kappa shape index (κ1) is 17.2. The van der Waals surface area contributed by atoms with Gasteiger partial charge in [-0.3, -0.25) is 4.90 Å². The Hall–Kier alpha value is -1.95. The molecule has 1 atom stereocenters. The molecular formula is C21H29N3O3. The second-order valence-electron chi connectivity index (χ2n) is 8.29. The predicted molar refractivity (Wildman–Crippen MR) is 102 cm³/mol. The summed E-state index contributed by atoms with van der Waals surface area (Å²) in [6, 6.07) is 7.35. The van der Waals surface area contributed by atoms with Crippen molar-refractivity contribution in [3.63, 3.8) is 0 Å². The van der Waals surface area contributed by atoms with Crippen LogP contribution in [0, 0.1) is 0 Å². The molecule has 27 heavy (non-hydrogen) atoms. The second kappa shape index (κ2) is 7.23. The van der Waals surface area contributed by atoms with Gasteiger partial charge in [-0.1, -0.05) is 25.3 Å². The van der Waals surface area contributed by atoms with E-state index in [0.29, 0.717) is 25.3 Å². The zero-order valence-corrected chi connectivity index (χ0v) is 15.9. The van der Waals surface area contributed by atoms with Crippen LogP contribution >= 0.6 is 0 Å². The SMILES string of the molecule is O=C1N(C2CCCCC2)C[C@H]2CN(Cc3ccc4c(c3)OCCO4)CCN12. The quantitative estimate of drug-likeness (QED) is 0.820. The van der Waals surface area contributed by atoms with Crippen molar-refractivity contribution in [3.8, 4) is 11.5 Å². The molecule has 2 amide bonds. The van der Waals surface area contributed by atoms with E-state index in [4.69, 9.17) is 9.47 Å². The number of fused-ring (bicyclic) bond motifs is 2. The molecule has 1 saturated carbocycles. The number of hydrogen-bond donors (Lipinski definition) is 0. The lowest BCUT2D eigenvalue weighted by Crippen LogP contribution is -2.51. The third-order valence-corrected chi connectivity index (χ3v) is 6.49. The van der Waals surface area contributed by atoms with Crippen molar-refractivity contribution in [2.24, 2.45) is 0 Å². The molecule has 3 heterocycles. The number of ether oxygens (including phenoxy) is 2. The van der Waals surface area contributed by atoms with Crippen molar-refractivity contribution in [1.82, 2.24) is 14.7 Å². The standard InChI is InChI=1S/C21H29N3O3/c25-21-23-9-8-22(13-16-6-7-19-20(12-16)27-11-10-26-19)14-18(23)15-24(21)17-4-2-1-3-5-17/h6-7,12,17-18H,1-5,8-11,13-15H2/t18-/m1/s1. The molecule has 0 aromatic heterocycles.